The Hall–Kier alpha value is -2.91. The first kappa shape index (κ1) is 23.8. The number of fused-ring (bicyclic) bond motifs is 1. The van der Waals surface area contributed by atoms with Crippen LogP contribution in [0.2, 0.25) is 0 Å². The fourth-order valence-corrected chi connectivity index (χ4v) is 5.88. The molecule has 1 atom stereocenters. The van der Waals surface area contributed by atoms with Crippen LogP contribution in [0.5, 0.6) is 5.75 Å². The summed E-state index contributed by atoms with van der Waals surface area (Å²) in [4.78, 5) is 30.1. The third-order valence-corrected chi connectivity index (χ3v) is 8.02. The number of piperazine rings is 1. The van der Waals surface area contributed by atoms with Crippen molar-refractivity contribution in [1.29, 1.82) is 0 Å². The highest BCUT2D eigenvalue weighted by Gasteiger charge is 2.27. The van der Waals surface area contributed by atoms with Gasteiger partial charge in [0.25, 0.3) is 0 Å². The smallest absolute Gasteiger partial charge is 0.224 e. The average molecular weight is 495 g/mol. The number of methoxy groups -OCH3 is 1. The Kier molecular flexibility index (Phi) is 7.63. The average Bonchev–Trinajstić information content (AvgIpc) is 3.36. The van der Waals surface area contributed by atoms with Crippen LogP contribution in [0, 0.1) is 5.92 Å². The number of thiazole rings is 1. The van der Waals surface area contributed by atoms with Gasteiger partial charge in [-0.3, -0.25) is 9.69 Å². The lowest BCUT2D eigenvalue weighted by Crippen LogP contribution is -2.47. The lowest BCUT2D eigenvalue weighted by atomic mass is 9.97. The van der Waals surface area contributed by atoms with Crippen LogP contribution in [0.1, 0.15) is 19.3 Å². The molecule has 2 aliphatic heterocycles. The summed E-state index contributed by atoms with van der Waals surface area (Å²) < 4.78 is 5.26. The minimum Gasteiger partial charge on any atom is -0.497 e. The third-order valence-electron chi connectivity index (χ3n) is 6.98. The Labute approximate surface area is 210 Å². The van der Waals surface area contributed by atoms with Gasteiger partial charge in [0.2, 0.25) is 5.91 Å². The van der Waals surface area contributed by atoms with Gasteiger partial charge in [-0.2, -0.15) is 0 Å². The van der Waals surface area contributed by atoms with E-state index in [1.54, 1.807) is 24.6 Å². The number of nitrogens with zero attached hydrogens (tertiary/aromatic N) is 5. The second kappa shape index (κ2) is 11.2. The van der Waals surface area contributed by atoms with Crippen LogP contribution in [-0.2, 0) is 4.79 Å². The summed E-state index contributed by atoms with van der Waals surface area (Å²) in [6.45, 7) is 7.59. The maximum absolute atomic E-state index is 12.8. The second-order valence-electron chi connectivity index (χ2n) is 9.28. The van der Waals surface area contributed by atoms with Crippen molar-refractivity contribution in [2.24, 2.45) is 5.92 Å². The van der Waals surface area contributed by atoms with E-state index in [2.05, 4.69) is 37.1 Å². The van der Waals surface area contributed by atoms with Crippen LogP contribution in [0.3, 0.4) is 0 Å². The van der Waals surface area contributed by atoms with Crippen LogP contribution in [-0.4, -0.2) is 80.2 Å². The van der Waals surface area contributed by atoms with Gasteiger partial charge in [0.1, 0.15) is 16.1 Å². The number of rotatable bonds is 8. The van der Waals surface area contributed by atoms with Crippen LogP contribution in [0.4, 0.5) is 10.8 Å². The minimum absolute atomic E-state index is 0.0248. The number of carbonyl (C=O) groups excluding carboxylic acids is 1. The van der Waals surface area contributed by atoms with Crippen molar-refractivity contribution in [3.05, 3.63) is 42.6 Å². The highest BCUT2D eigenvalue weighted by atomic mass is 32.1. The van der Waals surface area contributed by atoms with Crippen molar-refractivity contribution in [2.45, 2.75) is 19.3 Å². The molecule has 1 unspecified atom stereocenters. The van der Waals surface area contributed by atoms with E-state index < -0.39 is 0 Å². The molecule has 1 aromatic carbocycles. The lowest BCUT2D eigenvalue weighted by molar-refractivity contribution is -0.125. The highest BCUT2D eigenvalue weighted by Crippen LogP contribution is 2.30. The van der Waals surface area contributed by atoms with Gasteiger partial charge in [0.15, 0.2) is 5.13 Å². The van der Waals surface area contributed by atoms with Crippen molar-refractivity contribution < 1.29 is 9.53 Å². The molecule has 5 rings (SSSR count). The molecule has 0 spiro atoms. The first-order valence-corrected chi connectivity index (χ1v) is 13.4. The van der Waals surface area contributed by atoms with Gasteiger partial charge in [0.05, 0.1) is 13.0 Å². The number of ether oxygens (including phenoxy) is 1. The molecule has 2 aromatic heterocycles. The summed E-state index contributed by atoms with van der Waals surface area (Å²) in [7, 11) is 1.70. The van der Waals surface area contributed by atoms with E-state index >= 15 is 0 Å². The monoisotopic (exact) mass is 494 g/mol. The van der Waals surface area contributed by atoms with Gasteiger partial charge in [-0.05, 0) is 62.2 Å². The Balaban J connectivity index is 1.02. The van der Waals surface area contributed by atoms with Gasteiger partial charge in [-0.15, -0.1) is 0 Å². The Morgan fingerprint density at radius 1 is 1.11 bits per heavy atom. The molecule has 1 amide bonds. The number of hydrogen-bond donors (Lipinski definition) is 1. The van der Waals surface area contributed by atoms with E-state index in [0.717, 1.165) is 92.8 Å². The topological polar surface area (TPSA) is 73.8 Å². The van der Waals surface area contributed by atoms with Crippen LogP contribution < -0.4 is 19.9 Å². The summed E-state index contributed by atoms with van der Waals surface area (Å²) in [5.41, 5.74) is 2.19. The van der Waals surface area contributed by atoms with Gasteiger partial charge >= 0.3 is 0 Å². The summed E-state index contributed by atoms with van der Waals surface area (Å²) in [5, 5.41) is 4.17. The molecular formula is C26H34N6O2S. The molecule has 8 nitrogen and oxygen atoms in total. The number of amides is 1. The largest absolute Gasteiger partial charge is 0.497 e. The van der Waals surface area contributed by atoms with E-state index in [4.69, 9.17) is 9.72 Å². The fraction of sp³-hybridized carbons (Fsp3) is 0.500. The number of carbonyl (C=O) groups is 1. The predicted molar refractivity (Wildman–Crippen MR) is 142 cm³/mol. The quantitative estimate of drug-likeness (QED) is 0.482. The van der Waals surface area contributed by atoms with Crippen LogP contribution in [0.15, 0.2) is 42.6 Å². The molecule has 9 heteroatoms. The molecule has 0 saturated carbocycles. The van der Waals surface area contributed by atoms with Crippen LogP contribution in [0.25, 0.3) is 10.3 Å². The zero-order chi connectivity index (χ0) is 24.0. The van der Waals surface area contributed by atoms with E-state index in [-0.39, 0.29) is 11.8 Å². The van der Waals surface area contributed by atoms with Crippen molar-refractivity contribution in [3.63, 3.8) is 0 Å². The molecule has 0 aliphatic carbocycles. The number of hydrogen-bond acceptors (Lipinski definition) is 8. The Morgan fingerprint density at radius 3 is 2.71 bits per heavy atom. The molecule has 3 aromatic rings. The molecular weight excluding hydrogens is 460 g/mol. The molecule has 2 saturated heterocycles. The Bertz CT molecular complexity index is 1080. The van der Waals surface area contributed by atoms with Gasteiger partial charge in [-0.25, -0.2) is 9.97 Å². The molecule has 2 aliphatic rings. The van der Waals surface area contributed by atoms with Gasteiger partial charge in [0, 0.05) is 57.7 Å². The first-order chi connectivity index (χ1) is 17.2. The summed E-state index contributed by atoms with van der Waals surface area (Å²) in [5.74, 6) is 1.10. The minimum atomic E-state index is 0.0248. The normalized spacial score (nSPS) is 19.2. The van der Waals surface area contributed by atoms with E-state index in [9.17, 15) is 4.79 Å². The lowest BCUT2D eigenvalue weighted by Gasteiger charge is -2.36. The number of pyridine rings is 1. The zero-order valence-electron chi connectivity index (χ0n) is 20.4. The second-order valence-corrected chi connectivity index (χ2v) is 10.2. The number of aromatic nitrogens is 2. The van der Waals surface area contributed by atoms with Gasteiger partial charge in [-0.1, -0.05) is 11.3 Å². The maximum Gasteiger partial charge on any atom is 0.224 e. The molecule has 0 bridgehead atoms. The number of piperidine rings is 1. The SMILES string of the molecule is COc1ccc(N2CCN(CCCNC(=O)C3CCCN(c4nc5cccnc5s4)C3)CC2)cc1. The third kappa shape index (κ3) is 5.85. The maximum atomic E-state index is 12.8. The molecule has 1 N–H and O–H groups in total. The van der Waals surface area contributed by atoms with E-state index in [0.29, 0.717) is 0 Å². The predicted octanol–water partition coefficient (Wildman–Crippen LogP) is 3.24. The molecule has 35 heavy (non-hydrogen) atoms. The molecule has 2 fully saturated rings. The Morgan fingerprint density at radius 2 is 1.94 bits per heavy atom. The summed E-state index contributed by atoms with van der Waals surface area (Å²) in [6, 6.07) is 12.2. The number of anilines is 2. The van der Waals surface area contributed by atoms with E-state index in [1.165, 1.54) is 5.69 Å². The van der Waals surface area contributed by atoms with Crippen molar-refractivity contribution >= 4 is 38.4 Å². The van der Waals surface area contributed by atoms with Gasteiger partial charge < -0.3 is 19.9 Å². The van der Waals surface area contributed by atoms with E-state index in [1.807, 2.05) is 24.3 Å². The highest BCUT2D eigenvalue weighted by molar-refractivity contribution is 7.21. The molecule has 4 heterocycles. The fourth-order valence-electron chi connectivity index (χ4n) is 4.94. The summed E-state index contributed by atoms with van der Waals surface area (Å²) in [6.07, 6.45) is 4.74. The number of nitrogens with one attached hydrogen (secondary N) is 1. The number of benzene rings is 1. The van der Waals surface area contributed by atoms with Crippen molar-refractivity contribution in [1.82, 2.24) is 20.2 Å². The van der Waals surface area contributed by atoms with Crippen molar-refractivity contribution in [2.75, 3.05) is 69.3 Å². The standard InChI is InChI=1S/C26H34N6O2S/c1-34-22-9-7-21(8-10-22)31-17-15-30(16-18-31)13-4-12-27-24(33)20-5-3-14-32(19-20)26-29-23-6-2-11-28-25(23)35-26/h2,6-11,20H,3-5,12-19H2,1H3,(H,27,33). The molecule has 0 radical (unpaired) electrons. The molecule has 186 valence electrons. The van der Waals surface area contributed by atoms with Crippen LogP contribution >= 0.6 is 11.3 Å². The first-order valence-electron chi connectivity index (χ1n) is 12.6. The summed E-state index contributed by atoms with van der Waals surface area (Å²) >= 11 is 1.61. The zero-order valence-corrected chi connectivity index (χ0v) is 21.2. The van der Waals surface area contributed by atoms with Crippen molar-refractivity contribution in [3.8, 4) is 5.75 Å².